The van der Waals surface area contributed by atoms with E-state index in [4.69, 9.17) is 0 Å². The maximum absolute atomic E-state index is 12.4. The van der Waals surface area contributed by atoms with E-state index in [9.17, 15) is 13.2 Å². The fraction of sp³-hybridized carbons (Fsp3) is 0.400. The lowest BCUT2D eigenvalue weighted by molar-refractivity contribution is -0.136. The maximum atomic E-state index is 12.4. The van der Waals surface area contributed by atoms with E-state index >= 15 is 0 Å². The molecule has 1 aromatic carbocycles. The van der Waals surface area contributed by atoms with Crippen LogP contribution in [0.4, 0.5) is 18.9 Å². The van der Waals surface area contributed by atoms with Crippen LogP contribution in [0.15, 0.2) is 30.7 Å². The van der Waals surface area contributed by atoms with Crippen LogP contribution in [0.2, 0.25) is 0 Å². The molecule has 1 N–H and O–H groups in total. The van der Waals surface area contributed by atoms with E-state index in [-0.39, 0.29) is 6.54 Å². The summed E-state index contributed by atoms with van der Waals surface area (Å²) in [6, 6.07) is 5.93. The number of halogens is 3. The number of hydrogen-bond donors (Lipinski definition) is 1. The number of alkyl halides is 3. The van der Waals surface area contributed by atoms with Gasteiger partial charge < -0.3 is 9.88 Å². The first kappa shape index (κ1) is 14.0. The van der Waals surface area contributed by atoms with Crippen molar-refractivity contribution in [3.8, 4) is 11.3 Å². The minimum Gasteiger partial charge on any atom is -0.384 e. The van der Waals surface area contributed by atoms with Gasteiger partial charge in [-0.3, -0.25) is 0 Å². The van der Waals surface area contributed by atoms with Gasteiger partial charge >= 0.3 is 6.18 Å². The molecule has 0 bridgehead atoms. The van der Waals surface area contributed by atoms with Crippen LogP contribution in [0.1, 0.15) is 18.4 Å². The van der Waals surface area contributed by atoms with Crippen molar-refractivity contribution >= 4 is 5.69 Å². The summed E-state index contributed by atoms with van der Waals surface area (Å²) in [6.07, 6.45) is 0.150. The molecule has 3 rings (SSSR count). The van der Waals surface area contributed by atoms with Crippen molar-refractivity contribution in [3.63, 3.8) is 0 Å². The van der Waals surface area contributed by atoms with E-state index in [1.54, 1.807) is 10.8 Å². The fourth-order valence-electron chi connectivity index (χ4n) is 2.69. The Hall–Kier alpha value is -1.98. The highest BCUT2D eigenvalue weighted by molar-refractivity contribution is 5.78. The van der Waals surface area contributed by atoms with Gasteiger partial charge in [-0.05, 0) is 18.4 Å². The van der Waals surface area contributed by atoms with Crippen LogP contribution in [0.3, 0.4) is 0 Å². The minimum absolute atomic E-state index is 0.109. The standard InChI is InChI=1S/C15H16F3N3/c16-15(17,18)6-8-21-10-19-9-13(21)12-5-1-3-11-4-2-7-20-14(11)12/h1,3,5,9-10,20H,2,4,6-8H2. The summed E-state index contributed by atoms with van der Waals surface area (Å²) in [5.41, 5.74) is 3.89. The van der Waals surface area contributed by atoms with Crippen LogP contribution in [0.5, 0.6) is 0 Å². The Kier molecular flexibility index (Phi) is 3.61. The van der Waals surface area contributed by atoms with Gasteiger partial charge in [-0.25, -0.2) is 4.98 Å². The molecular formula is C15H16F3N3. The molecule has 0 atom stereocenters. The molecule has 0 aliphatic carbocycles. The highest BCUT2D eigenvalue weighted by Gasteiger charge is 2.27. The molecule has 0 radical (unpaired) electrons. The number of para-hydroxylation sites is 1. The first-order valence-electron chi connectivity index (χ1n) is 6.97. The molecule has 2 aromatic rings. The Morgan fingerprint density at radius 3 is 2.95 bits per heavy atom. The molecule has 1 aliphatic rings. The van der Waals surface area contributed by atoms with Crippen LogP contribution in [0, 0.1) is 0 Å². The summed E-state index contributed by atoms with van der Waals surface area (Å²) in [7, 11) is 0. The van der Waals surface area contributed by atoms with E-state index in [1.165, 1.54) is 11.9 Å². The molecule has 0 fully saturated rings. The van der Waals surface area contributed by atoms with E-state index in [1.807, 2.05) is 12.1 Å². The van der Waals surface area contributed by atoms with E-state index < -0.39 is 12.6 Å². The number of rotatable bonds is 3. The number of imidazole rings is 1. The van der Waals surface area contributed by atoms with Crippen LogP contribution in [-0.2, 0) is 13.0 Å². The molecule has 0 saturated heterocycles. The quantitative estimate of drug-likeness (QED) is 0.932. The second kappa shape index (κ2) is 5.42. The largest absolute Gasteiger partial charge is 0.390 e. The molecule has 3 nitrogen and oxygen atoms in total. The third kappa shape index (κ3) is 3.04. The number of fused-ring (bicyclic) bond motifs is 1. The number of aryl methyl sites for hydroxylation is 2. The van der Waals surface area contributed by atoms with Gasteiger partial charge in [0, 0.05) is 24.3 Å². The van der Waals surface area contributed by atoms with Gasteiger partial charge in [-0.2, -0.15) is 13.2 Å². The van der Waals surface area contributed by atoms with E-state index in [2.05, 4.69) is 16.4 Å². The number of hydrogen-bond acceptors (Lipinski definition) is 2. The molecule has 21 heavy (non-hydrogen) atoms. The highest BCUT2D eigenvalue weighted by atomic mass is 19.4. The predicted molar refractivity (Wildman–Crippen MR) is 75.1 cm³/mol. The molecular weight excluding hydrogens is 279 g/mol. The van der Waals surface area contributed by atoms with Crippen molar-refractivity contribution < 1.29 is 13.2 Å². The minimum atomic E-state index is -4.16. The molecule has 0 spiro atoms. The maximum Gasteiger partial charge on any atom is 0.390 e. The lowest BCUT2D eigenvalue weighted by atomic mass is 9.98. The van der Waals surface area contributed by atoms with E-state index in [0.717, 1.165) is 36.3 Å². The van der Waals surface area contributed by atoms with Gasteiger partial charge in [0.1, 0.15) is 0 Å². The van der Waals surface area contributed by atoms with Crippen LogP contribution >= 0.6 is 0 Å². The van der Waals surface area contributed by atoms with Crippen LogP contribution in [0.25, 0.3) is 11.3 Å². The average molecular weight is 295 g/mol. The summed E-state index contributed by atoms with van der Waals surface area (Å²) in [6.45, 7) is 0.781. The smallest absolute Gasteiger partial charge is 0.384 e. The van der Waals surface area contributed by atoms with Gasteiger partial charge in [0.2, 0.25) is 0 Å². The Morgan fingerprint density at radius 2 is 2.14 bits per heavy atom. The van der Waals surface area contributed by atoms with Gasteiger partial charge in [0.05, 0.1) is 24.6 Å². The topological polar surface area (TPSA) is 29.9 Å². The SMILES string of the molecule is FC(F)(F)CCn1cncc1-c1cccc2c1NCCC2. The summed E-state index contributed by atoms with van der Waals surface area (Å²) in [5.74, 6) is 0. The monoisotopic (exact) mass is 295 g/mol. The molecule has 1 aromatic heterocycles. The van der Waals surface area contributed by atoms with E-state index in [0.29, 0.717) is 0 Å². The Bertz CT molecular complexity index is 631. The van der Waals surface area contributed by atoms with Crippen molar-refractivity contribution in [2.75, 3.05) is 11.9 Å². The Labute approximate surface area is 120 Å². The summed E-state index contributed by atoms with van der Waals surface area (Å²) >= 11 is 0. The second-order valence-corrected chi connectivity index (χ2v) is 5.21. The molecule has 6 heteroatoms. The van der Waals surface area contributed by atoms with Gasteiger partial charge in [0.15, 0.2) is 0 Å². The normalized spacial score (nSPS) is 14.6. The average Bonchev–Trinajstić information content (AvgIpc) is 2.92. The van der Waals surface area contributed by atoms with Crippen molar-refractivity contribution in [2.45, 2.75) is 32.0 Å². The Balaban J connectivity index is 1.93. The van der Waals surface area contributed by atoms with Gasteiger partial charge in [-0.15, -0.1) is 0 Å². The lowest BCUT2D eigenvalue weighted by Crippen LogP contribution is -2.14. The number of benzene rings is 1. The number of anilines is 1. The predicted octanol–water partition coefficient (Wildman–Crippen LogP) is 3.86. The molecule has 2 heterocycles. The highest BCUT2D eigenvalue weighted by Crippen LogP contribution is 2.34. The number of aromatic nitrogens is 2. The molecule has 112 valence electrons. The molecule has 1 aliphatic heterocycles. The third-order valence-electron chi connectivity index (χ3n) is 3.70. The zero-order valence-corrected chi connectivity index (χ0v) is 11.5. The first-order valence-corrected chi connectivity index (χ1v) is 6.97. The second-order valence-electron chi connectivity index (χ2n) is 5.21. The fourth-order valence-corrected chi connectivity index (χ4v) is 2.69. The van der Waals surface area contributed by atoms with Crippen molar-refractivity contribution in [2.24, 2.45) is 0 Å². The van der Waals surface area contributed by atoms with Crippen molar-refractivity contribution in [1.82, 2.24) is 9.55 Å². The Morgan fingerprint density at radius 1 is 1.29 bits per heavy atom. The summed E-state index contributed by atoms with van der Waals surface area (Å²) < 4.78 is 38.8. The number of nitrogens with zero attached hydrogens (tertiary/aromatic N) is 2. The first-order chi connectivity index (χ1) is 10.0. The van der Waals surface area contributed by atoms with Crippen molar-refractivity contribution in [3.05, 3.63) is 36.3 Å². The summed E-state index contributed by atoms with van der Waals surface area (Å²) in [4.78, 5) is 4.02. The summed E-state index contributed by atoms with van der Waals surface area (Å²) in [5, 5.41) is 3.36. The molecule has 0 saturated carbocycles. The zero-order valence-electron chi connectivity index (χ0n) is 11.5. The van der Waals surface area contributed by atoms with Gasteiger partial charge in [0.25, 0.3) is 0 Å². The lowest BCUT2D eigenvalue weighted by Gasteiger charge is -2.21. The van der Waals surface area contributed by atoms with Crippen LogP contribution < -0.4 is 5.32 Å². The van der Waals surface area contributed by atoms with Gasteiger partial charge in [-0.1, -0.05) is 18.2 Å². The van der Waals surface area contributed by atoms with Crippen LogP contribution in [-0.4, -0.2) is 22.3 Å². The molecule has 0 amide bonds. The third-order valence-corrected chi connectivity index (χ3v) is 3.70. The van der Waals surface area contributed by atoms with Crippen molar-refractivity contribution in [1.29, 1.82) is 0 Å². The molecule has 0 unspecified atom stereocenters. The number of nitrogens with one attached hydrogen (secondary N) is 1. The zero-order chi connectivity index (χ0) is 14.9.